The molecule has 0 amide bonds. The molecule has 1 aliphatic rings. The van der Waals surface area contributed by atoms with Gasteiger partial charge in [0, 0.05) is 25.1 Å². The lowest BCUT2D eigenvalue weighted by molar-refractivity contribution is -0.150. The Labute approximate surface area is 186 Å². The number of esters is 1. The summed E-state index contributed by atoms with van der Waals surface area (Å²) in [5, 5.41) is 5.51. The molecule has 10 heteroatoms. The first-order valence-corrected chi connectivity index (χ1v) is 11.8. The molecule has 2 aromatic rings. The van der Waals surface area contributed by atoms with Crippen molar-refractivity contribution < 1.29 is 27.4 Å². The van der Waals surface area contributed by atoms with Crippen LogP contribution in [0.15, 0.2) is 47.4 Å². The third kappa shape index (κ3) is 5.93. The van der Waals surface area contributed by atoms with Gasteiger partial charge in [0.2, 0.25) is 16.8 Å². The lowest BCUT2D eigenvalue weighted by Crippen LogP contribution is -2.22. The van der Waals surface area contributed by atoms with Crippen LogP contribution in [0.25, 0.3) is 0 Å². The first kappa shape index (κ1) is 23.0. The van der Waals surface area contributed by atoms with E-state index < -0.39 is 16.0 Å². The molecule has 1 saturated heterocycles. The van der Waals surface area contributed by atoms with Crippen molar-refractivity contribution in [1.29, 1.82) is 0 Å². The smallest absolute Gasteiger partial charge is 0.308 e. The van der Waals surface area contributed by atoms with Crippen molar-refractivity contribution in [3.63, 3.8) is 0 Å². The van der Waals surface area contributed by atoms with E-state index in [1.165, 1.54) is 6.07 Å². The van der Waals surface area contributed by atoms with Crippen LogP contribution in [0.4, 0.5) is 5.69 Å². The van der Waals surface area contributed by atoms with Crippen LogP contribution in [0, 0.1) is 0 Å². The van der Waals surface area contributed by atoms with Crippen molar-refractivity contribution in [3.8, 4) is 11.5 Å². The van der Waals surface area contributed by atoms with Crippen LogP contribution >= 0.6 is 12.2 Å². The fourth-order valence-corrected chi connectivity index (χ4v) is 4.01. The Kier molecular flexibility index (Phi) is 7.47. The van der Waals surface area contributed by atoms with E-state index in [1.54, 1.807) is 37.3 Å². The summed E-state index contributed by atoms with van der Waals surface area (Å²) in [6, 6.07) is 11.9. The Morgan fingerprint density at radius 2 is 1.81 bits per heavy atom. The van der Waals surface area contributed by atoms with E-state index in [1.807, 2.05) is 11.0 Å². The summed E-state index contributed by atoms with van der Waals surface area (Å²) >= 11 is 5.29. The Bertz CT molecular complexity index is 1050. The minimum absolute atomic E-state index is 0.0134. The monoisotopic (exact) mass is 464 g/mol. The molecule has 166 valence electrons. The molecule has 1 heterocycles. The second-order valence-corrected chi connectivity index (χ2v) is 8.80. The third-order valence-electron chi connectivity index (χ3n) is 4.69. The molecular formula is C21H24N2O6S2. The van der Waals surface area contributed by atoms with E-state index in [4.69, 9.17) is 31.6 Å². The molecule has 31 heavy (non-hydrogen) atoms. The van der Waals surface area contributed by atoms with E-state index in [0.717, 1.165) is 25.9 Å². The van der Waals surface area contributed by atoms with E-state index in [0.29, 0.717) is 17.0 Å². The molecule has 2 aromatic carbocycles. The van der Waals surface area contributed by atoms with Gasteiger partial charge in [-0.25, -0.2) is 13.6 Å². The van der Waals surface area contributed by atoms with Gasteiger partial charge in [-0.05, 0) is 49.3 Å². The number of para-hydroxylation sites is 1. The molecular weight excluding hydrogens is 440 g/mol. The van der Waals surface area contributed by atoms with Gasteiger partial charge in [0.15, 0.2) is 10.8 Å². The minimum atomic E-state index is -4.15. The van der Waals surface area contributed by atoms with Crippen LogP contribution in [0.1, 0.15) is 31.7 Å². The average Bonchev–Trinajstić information content (AvgIpc) is 3.28. The number of nitrogens with two attached hydrogens (primary N) is 1. The van der Waals surface area contributed by atoms with Crippen LogP contribution in [-0.2, 0) is 24.3 Å². The quantitative estimate of drug-likeness (QED) is 0.360. The lowest BCUT2D eigenvalue weighted by atomic mass is 10.1. The zero-order valence-electron chi connectivity index (χ0n) is 17.1. The lowest BCUT2D eigenvalue weighted by Gasteiger charge is -2.24. The van der Waals surface area contributed by atoms with E-state index in [2.05, 4.69) is 0 Å². The molecule has 0 aromatic heterocycles. The summed E-state index contributed by atoms with van der Waals surface area (Å²) in [7, 11) is -4.15. The fraction of sp³-hybridized carbons (Fsp3) is 0.333. The number of thiocarbonyl (C=S) groups is 1. The van der Waals surface area contributed by atoms with Gasteiger partial charge in [-0.15, -0.1) is 0 Å². The largest absolute Gasteiger partial charge is 0.454 e. The number of sulfonamides is 1. The van der Waals surface area contributed by atoms with E-state index in [9.17, 15) is 13.2 Å². The summed E-state index contributed by atoms with van der Waals surface area (Å²) in [5.74, 6) is 0.183. The maximum atomic E-state index is 12.5. The van der Waals surface area contributed by atoms with Crippen molar-refractivity contribution in [1.82, 2.24) is 0 Å². The third-order valence-corrected chi connectivity index (χ3v) is 5.96. The van der Waals surface area contributed by atoms with Crippen molar-refractivity contribution in [2.75, 3.05) is 24.8 Å². The number of primary sulfonamides is 1. The van der Waals surface area contributed by atoms with Gasteiger partial charge in [-0.2, -0.15) is 0 Å². The van der Waals surface area contributed by atoms with Gasteiger partial charge in [-0.3, -0.25) is 4.79 Å². The molecule has 0 spiro atoms. The zero-order chi connectivity index (χ0) is 22.4. The van der Waals surface area contributed by atoms with Crippen LogP contribution in [0.5, 0.6) is 11.5 Å². The van der Waals surface area contributed by atoms with Crippen LogP contribution in [0.2, 0.25) is 0 Å². The number of carbonyl (C=O) groups excluding carboxylic acids is 1. The van der Waals surface area contributed by atoms with Crippen LogP contribution in [0.3, 0.4) is 0 Å². The number of nitrogens with zero attached hydrogens (tertiary/aromatic N) is 1. The number of hydrogen-bond acceptors (Lipinski definition) is 8. The number of anilines is 1. The summed E-state index contributed by atoms with van der Waals surface area (Å²) in [6.45, 7) is 2.77. The average molecular weight is 465 g/mol. The molecule has 2 N–H and O–H groups in total. The molecule has 0 unspecified atom stereocenters. The standard InChI is InChI=1S/C21H24N2O6S2/c1-2-19(24)27-14-28-21(30)15-12-17(23-10-6-7-11-23)20(18(13-15)31(22,25)26)29-16-8-4-3-5-9-16/h3-5,8-9,12-13H,2,6-7,10-11,14H2,1H3,(H2,22,25,26). The van der Waals surface area contributed by atoms with Crippen LogP contribution in [-0.4, -0.2) is 39.3 Å². The van der Waals surface area contributed by atoms with Crippen molar-refractivity contribution in [3.05, 3.63) is 48.0 Å². The van der Waals surface area contributed by atoms with Crippen molar-refractivity contribution in [2.45, 2.75) is 31.1 Å². The maximum Gasteiger partial charge on any atom is 0.308 e. The number of benzene rings is 2. The Balaban J connectivity index is 2.02. The van der Waals surface area contributed by atoms with Gasteiger partial charge >= 0.3 is 5.97 Å². The highest BCUT2D eigenvalue weighted by Crippen LogP contribution is 2.40. The van der Waals surface area contributed by atoms with E-state index in [-0.39, 0.29) is 28.9 Å². The molecule has 0 saturated carbocycles. The topological polar surface area (TPSA) is 108 Å². The molecule has 0 atom stereocenters. The van der Waals surface area contributed by atoms with Gasteiger partial charge in [-0.1, -0.05) is 25.1 Å². The second-order valence-electron chi connectivity index (χ2n) is 6.90. The van der Waals surface area contributed by atoms with Crippen LogP contribution < -0.4 is 14.8 Å². The fourth-order valence-electron chi connectivity index (χ4n) is 3.15. The predicted octanol–water partition coefficient (Wildman–Crippen LogP) is 3.33. The van der Waals surface area contributed by atoms with Crippen molar-refractivity contribution in [2.24, 2.45) is 5.14 Å². The summed E-state index contributed by atoms with van der Waals surface area (Å²) in [4.78, 5) is 13.1. The minimum Gasteiger partial charge on any atom is -0.454 e. The highest BCUT2D eigenvalue weighted by atomic mass is 32.2. The number of carbonyl (C=O) groups is 1. The highest BCUT2D eigenvalue weighted by Gasteiger charge is 2.27. The predicted molar refractivity (Wildman–Crippen MR) is 120 cm³/mol. The zero-order valence-corrected chi connectivity index (χ0v) is 18.7. The number of ether oxygens (including phenoxy) is 3. The molecule has 1 fully saturated rings. The number of rotatable bonds is 8. The SMILES string of the molecule is CCC(=O)OCOC(=S)c1cc(N2CCCC2)c(Oc2ccccc2)c(S(N)(=O)=O)c1. The molecule has 1 aliphatic heterocycles. The van der Waals surface area contributed by atoms with E-state index >= 15 is 0 Å². The maximum absolute atomic E-state index is 12.5. The molecule has 3 rings (SSSR count). The van der Waals surface area contributed by atoms with Gasteiger partial charge in [0.05, 0.1) is 5.69 Å². The first-order chi connectivity index (χ1) is 14.8. The van der Waals surface area contributed by atoms with Crippen molar-refractivity contribution >= 4 is 38.9 Å². The first-order valence-electron chi connectivity index (χ1n) is 9.81. The Morgan fingerprint density at radius 1 is 1.13 bits per heavy atom. The summed E-state index contributed by atoms with van der Waals surface area (Å²) in [5.41, 5.74) is 0.883. The summed E-state index contributed by atoms with van der Waals surface area (Å²) < 4.78 is 41.1. The summed E-state index contributed by atoms with van der Waals surface area (Å²) in [6.07, 6.45) is 2.14. The van der Waals surface area contributed by atoms with Gasteiger partial charge in [0.1, 0.15) is 10.6 Å². The Hall–Kier alpha value is -2.69. The molecule has 0 aliphatic carbocycles. The molecule has 0 bridgehead atoms. The molecule has 0 radical (unpaired) electrons. The normalized spacial score (nSPS) is 13.7. The highest BCUT2D eigenvalue weighted by molar-refractivity contribution is 7.89. The second kappa shape index (κ2) is 10.1. The van der Waals surface area contributed by atoms with Gasteiger partial charge in [0.25, 0.3) is 0 Å². The Morgan fingerprint density at radius 3 is 2.42 bits per heavy atom. The number of hydrogen-bond donors (Lipinski definition) is 1. The van der Waals surface area contributed by atoms with Gasteiger partial charge < -0.3 is 19.1 Å². The molecule has 8 nitrogen and oxygen atoms in total.